The Hall–Kier alpha value is -2.04. The Bertz CT molecular complexity index is 529. The average molecular weight is 286 g/mol. The highest BCUT2D eigenvalue weighted by molar-refractivity contribution is 5.43. The topological polar surface area (TPSA) is 70.5 Å². The van der Waals surface area contributed by atoms with E-state index >= 15 is 0 Å². The molecule has 0 fully saturated rings. The lowest BCUT2D eigenvalue weighted by molar-refractivity contribution is 0.410. The van der Waals surface area contributed by atoms with E-state index in [1.165, 1.54) is 0 Å². The maximum atomic E-state index is 6.66. The second kappa shape index (κ2) is 6.16. The van der Waals surface area contributed by atoms with E-state index in [4.69, 9.17) is 20.9 Å². The van der Waals surface area contributed by atoms with Gasteiger partial charge in [0.05, 0.1) is 19.8 Å². The highest BCUT2D eigenvalue weighted by Crippen LogP contribution is 2.31. The first kappa shape index (κ1) is 15.4. The molecule has 0 saturated carbocycles. The quantitative estimate of drug-likeness (QED) is 0.884. The summed E-state index contributed by atoms with van der Waals surface area (Å²) in [5.41, 5.74) is 14.0. The standard InChI is InChI=1S/C17H22N2O2/c1-12(18)17(19,13-4-8-15(20-2)9-5-13)14-6-10-16(21-3)11-7-14/h4-12H,18-19H2,1-3H3/t12-/m1/s1. The molecule has 2 rings (SSSR count). The molecule has 0 spiro atoms. The molecule has 0 radical (unpaired) electrons. The molecular formula is C17H22N2O2. The number of rotatable bonds is 5. The second-order valence-corrected chi connectivity index (χ2v) is 5.11. The summed E-state index contributed by atoms with van der Waals surface area (Å²) in [5, 5.41) is 0. The number of nitrogens with two attached hydrogens (primary N) is 2. The molecule has 4 N–H and O–H groups in total. The van der Waals surface area contributed by atoms with Crippen LogP contribution >= 0.6 is 0 Å². The van der Waals surface area contributed by atoms with E-state index in [0.717, 1.165) is 22.6 Å². The molecule has 0 bridgehead atoms. The lowest BCUT2D eigenvalue weighted by Crippen LogP contribution is -2.51. The molecular weight excluding hydrogens is 264 g/mol. The van der Waals surface area contributed by atoms with Crippen LogP contribution in [0.5, 0.6) is 11.5 Å². The van der Waals surface area contributed by atoms with Crippen molar-refractivity contribution in [3.05, 3.63) is 59.7 Å². The van der Waals surface area contributed by atoms with Gasteiger partial charge in [-0.2, -0.15) is 0 Å². The molecule has 2 aromatic carbocycles. The molecule has 112 valence electrons. The van der Waals surface area contributed by atoms with Crippen LogP contribution in [0.4, 0.5) is 0 Å². The number of methoxy groups -OCH3 is 2. The van der Waals surface area contributed by atoms with Gasteiger partial charge in [-0.05, 0) is 42.3 Å². The first-order valence-electron chi connectivity index (χ1n) is 6.86. The Morgan fingerprint density at radius 2 is 1.14 bits per heavy atom. The highest BCUT2D eigenvalue weighted by Gasteiger charge is 2.33. The van der Waals surface area contributed by atoms with Gasteiger partial charge in [0, 0.05) is 6.04 Å². The predicted molar refractivity (Wildman–Crippen MR) is 84.6 cm³/mol. The molecule has 0 saturated heterocycles. The van der Waals surface area contributed by atoms with Crippen molar-refractivity contribution in [1.29, 1.82) is 0 Å². The fourth-order valence-electron chi connectivity index (χ4n) is 2.43. The molecule has 0 aliphatic rings. The largest absolute Gasteiger partial charge is 0.497 e. The van der Waals surface area contributed by atoms with Gasteiger partial charge in [0.1, 0.15) is 11.5 Å². The zero-order valence-electron chi connectivity index (χ0n) is 12.7. The highest BCUT2D eigenvalue weighted by atomic mass is 16.5. The predicted octanol–water partition coefficient (Wildman–Crippen LogP) is 2.25. The Labute approximate surface area is 125 Å². The van der Waals surface area contributed by atoms with Crippen LogP contribution < -0.4 is 20.9 Å². The SMILES string of the molecule is COc1ccc(C(N)(c2ccc(OC)cc2)[C@@H](C)N)cc1. The number of hydrogen-bond donors (Lipinski definition) is 2. The minimum absolute atomic E-state index is 0.251. The van der Waals surface area contributed by atoms with Crippen LogP contribution in [0.2, 0.25) is 0 Å². The van der Waals surface area contributed by atoms with Crippen molar-refractivity contribution < 1.29 is 9.47 Å². The van der Waals surface area contributed by atoms with E-state index in [2.05, 4.69) is 0 Å². The summed E-state index contributed by atoms with van der Waals surface area (Å²) in [5.74, 6) is 1.58. The Balaban J connectivity index is 2.47. The van der Waals surface area contributed by atoms with E-state index in [0.29, 0.717) is 0 Å². The summed E-state index contributed by atoms with van der Waals surface area (Å²) in [6.07, 6.45) is 0. The molecule has 4 heteroatoms. The van der Waals surface area contributed by atoms with Crippen LogP contribution in [-0.4, -0.2) is 20.3 Å². The van der Waals surface area contributed by atoms with Crippen molar-refractivity contribution in [2.24, 2.45) is 11.5 Å². The van der Waals surface area contributed by atoms with Gasteiger partial charge in [-0.3, -0.25) is 0 Å². The van der Waals surface area contributed by atoms with Crippen molar-refractivity contribution >= 4 is 0 Å². The minimum Gasteiger partial charge on any atom is -0.497 e. The summed E-state index contributed by atoms with van der Waals surface area (Å²) in [6, 6.07) is 15.1. The van der Waals surface area contributed by atoms with E-state index in [9.17, 15) is 0 Å². The van der Waals surface area contributed by atoms with Crippen LogP contribution in [0.25, 0.3) is 0 Å². The summed E-state index contributed by atoms with van der Waals surface area (Å²) in [6.45, 7) is 1.91. The normalized spacial score (nSPS) is 12.8. The lowest BCUT2D eigenvalue weighted by atomic mass is 9.78. The van der Waals surface area contributed by atoms with Gasteiger partial charge in [0.25, 0.3) is 0 Å². The van der Waals surface area contributed by atoms with Crippen molar-refractivity contribution in [2.45, 2.75) is 18.5 Å². The van der Waals surface area contributed by atoms with Gasteiger partial charge in [0.2, 0.25) is 0 Å². The Kier molecular flexibility index (Phi) is 4.50. The fraction of sp³-hybridized carbons (Fsp3) is 0.294. The maximum absolute atomic E-state index is 6.66. The zero-order valence-corrected chi connectivity index (χ0v) is 12.7. The van der Waals surface area contributed by atoms with Gasteiger partial charge >= 0.3 is 0 Å². The van der Waals surface area contributed by atoms with Crippen molar-refractivity contribution in [3.8, 4) is 11.5 Å². The molecule has 0 unspecified atom stereocenters. The van der Waals surface area contributed by atoms with E-state index in [1.807, 2.05) is 55.5 Å². The fourth-order valence-corrected chi connectivity index (χ4v) is 2.43. The zero-order chi connectivity index (χ0) is 15.5. The van der Waals surface area contributed by atoms with E-state index in [-0.39, 0.29) is 6.04 Å². The van der Waals surface area contributed by atoms with Crippen LogP contribution in [0.3, 0.4) is 0 Å². The molecule has 4 nitrogen and oxygen atoms in total. The maximum Gasteiger partial charge on any atom is 0.118 e. The molecule has 0 amide bonds. The van der Waals surface area contributed by atoms with E-state index < -0.39 is 5.54 Å². The number of benzene rings is 2. The monoisotopic (exact) mass is 286 g/mol. The van der Waals surface area contributed by atoms with Crippen LogP contribution in [0, 0.1) is 0 Å². The van der Waals surface area contributed by atoms with E-state index in [1.54, 1.807) is 14.2 Å². The number of hydrogen-bond acceptors (Lipinski definition) is 4. The lowest BCUT2D eigenvalue weighted by Gasteiger charge is -2.34. The molecule has 1 atom stereocenters. The molecule has 0 heterocycles. The van der Waals surface area contributed by atoms with Crippen LogP contribution in [0.1, 0.15) is 18.1 Å². The van der Waals surface area contributed by atoms with Gasteiger partial charge in [0.15, 0.2) is 0 Å². The van der Waals surface area contributed by atoms with Crippen molar-refractivity contribution in [1.82, 2.24) is 0 Å². The third-order valence-electron chi connectivity index (χ3n) is 3.85. The smallest absolute Gasteiger partial charge is 0.118 e. The number of ether oxygens (including phenoxy) is 2. The molecule has 21 heavy (non-hydrogen) atoms. The third kappa shape index (κ3) is 2.86. The Morgan fingerprint density at radius 1 is 0.810 bits per heavy atom. The summed E-state index contributed by atoms with van der Waals surface area (Å²) in [7, 11) is 3.28. The van der Waals surface area contributed by atoms with Crippen molar-refractivity contribution in [3.63, 3.8) is 0 Å². The minimum atomic E-state index is -0.765. The van der Waals surface area contributed by atoms with Crippen LogP contribution in [0.15, 0.2) is 48.5 Å². The molecule has 2 aromatic rings. The average Bonchev–Trinajstić information content (AvgIpc) is 2.54. The first-order chi connectivity index (χ1) is 10.0. The van der Waals surface area contributed by atoms with Gasteiger partial charge in [-0.1, -0.05) is 24.3 Å². The summed E-state index contributed by atoms with van der Waals surface area (Å²) in [4.78, 5) is 0. The Morgan fingerprint density at radius 3 is 1.38 bits per heavy atom. The van der Waals surface area contributed by atoms with Crippen LogP contribution in [-0.2, 0) is 5.54 Å². The van der Waals surface area contributed by atoms with Crippen molar-refractivity contribution in [2.75, 3.05) is 14.2 Å². The molecule has 0 aliphatic heterocycles. The summed E-state index contributed by atoms with van der Waals surface area (Å²) < 4.78 is 10.4. The first-order valence-corrected chi connectivity index (χ1v) is 6.86. The van der Waals surface area contributed by atoms with Gasteiger partial charge in [-0.15, -0.1) is 0 Å². The second-order valence-electron chi connectivity index (χ2n) is 5.11. The summed E-state index contributed by atoms with van der Waals surface area (Å²) >= 11 is 0. The molecule has 0 aliphatic carbocycles. The van der Waals surface area contributed by atoms with Gasteiger partial charge < -0.3 is 20.9 Å². The van der Waals surface area contributed by atoms with Gasteiger partial charge in [-0.25, -0.2) is 0 Å². The molecule has 0 aromatic heterocycles. The third-order valence-corrected chi connectivity index (χ3v) is 3.85.